The van der Waals surface area contributed by atoms with Crippen molar-refractivity contribution in [3.63, 3.8) is 0 Å². The van der Waals surface area contributed by atoms with Gasteiger partial charge in [-0.2, -0.15) is 5.10 Å². The van der Waals surface area contributed by atoms with Crippen LogP contribution in [0.1, 0.15) is 29.7 Å². The highest BCUT2D eigenvalue weighted by Gasteiger charge is 2.23. The van der Waals surface area contributed by atoms with Gasteiger partial charge in [-0.15, -0.1) is 5.10 Å². The molecule has 2 heterocycles. The molecule has 0 bridgehead atoms. The summed E-state index contributed by atoms with van der Waals surface area (Å²) >= 11 is 0. The van der Waals surface area contributed by atoms with Crippen LogP contribution in [0.2, 0.25) is 0 Å². The highest BCUT2D eigenvalue weighted by Crippen LogP contribution is 2.23. The minimum absolute atomic E-state index is 0.0320. The molecule has 2 amide bonds. The predicted molar refractivity (Wildman–Crippen MR) is 103 cm³/mol. The number of aromatic nitrogens is 2. The van der Waals surface area contributed by atoms with E-state index in [1.54, 1.807) is 0 Å². The van der Waals surface area contributed by atoms with Gasteiger partial charge in [0.2, 0.25) is 0 Å². The Morgan fingerprint density at radius 2 is 1.81 bits per heavy atom. The minimum Gasteiger partial charge on any atom is -0.352 e. The third-order valence-electron chi connectivity index (χ3n) is 5.33. The summed E-state index contributed by atoms with van der Waals surface area (Å²) in [5.41, 5.74) is 4.46. The van der Waals surface area contributed by atoms with E-state index in [0.717, 1.165) is 48.7 Å². The lowest BCUT2D eigenvalue weighted by atomic mass is 9.97. The minimum atomic E-state index is -0.0320. The summed E-state index contributed by atoms with van der Waals surface area (Å²) in [5.74, 6) is 0.949. The summed E-state index contributed by atoms with van der Waals surface area (Å²) in [4.78, 5) is 16.6. The third-order valence-corrected chi connectivity index (χ3v) is 5.33. The van der Waals surface area contributed by atoms with Crippen molar-refractivity contribution in [2.45, 2.75) is 32.6 Å². The zero-order valence-electron chi connectivity index (χ0n) is 15.2. The van der Waals surface area contributed by atoms with Crippen LogP contribution < -0.4 is 10.2 Å². The van der Waals surface area contributed by atoms with Crippen LogP contribution in [0.4, 0.5) is 16.3 Å². The van der Waals surface area contributed by atoms with Gasteiger partial charge in [0.15, 0.2) is 5.82 Å². The van der Waals surface area contributed by atoms with E-state index in [9.17, 15) is 4.79 Å². The number of amides is 2. The van der Waals surface area contributed by atoms with Gasteiger partial charge in [-0.05, 0) is 55.9 Å². The number of rotatable bonds is 2. The van der Waals surface area contributed by atoms with Crippen molar-refractivity contribution in [3.8, 4) is 0 Å². The second-order valence-corrected chi connectivity index (χ2v) is 7.10. The molecule has 26 heavy (non-hydrogen) atoms. The maximum absolute atomic E-state index is 12.5. The summed E-state index contributed by atoms with van der Waals surface area (Å²) in [5, 5.41) is 11.9. The number of hydrogen-bond donors (Lipinski definition) is 1. The van der Waals surface area contributed by atoms with Gasteiger partial charge in [0, 0.05) is 31.9 Å². The normalized spacial score (nSPS) is 17.0. The molecule has 1 aliphatic carbocycles. The van der Waals surface area contributed by atoms with Gasteiger partial charge < -0.3 is 15.1 Å². The maximum Gasteiger partial charge on any atom is 0.321 e. The Morgan fingerprint density at radius 3 is 2.62 bits per heavy atom. The fourth-order valence-corrected chi connectivity index (χ4v) is 3.68. The number of fused-ring (bicyclic) bond motifs is 1. The molecule has 6 nitrogen and oxygen atoms in total. The van der Waals surface area contributed by atoms with Crippen molar-refractivity contribution in [1.82, 2.24) is 15.1 Å². The average Bonchev–Trinajstić information content (AvgIpc) is 2.69. The summed E-state index contributed by atoms with van der Waals surface area (Å²) in [6.45, 7) is 4.96. The number of aryl methyl sites for hydroxylation is 3. The van der Waals surface area contributed by atoms with E-state index in [1.165, 1.54) is 18.4 Å². The molecule has 0 spiro atoms. The lowest BCUT2D eigenvalue weighted by Crippen LogP contribution is -2.50. The highest BCUT2D eigenvalue weighted by atomic mass is 16.2. The van der Waals surface area contributed by atoms with Crippen LogP contribution in [0, 0.1) is 6.92 Å². The third kappa shape index (κ3) is 3.49. The van der Waals surface area contributed by atoms with Crippen molar-refractivity contribution >= 4 is 17.5 Å². The fraction of sp³-hybridized carbons (Fsp3) is 0.450. The van der Waals surface area contributed by atoms with Crippen LogP contribution >= 0.6 is 0 Å². The van der Waals surface area contributed by atoms with E-state index in [-0.39, 0.29) is 6.03 Å². The van der Waals surface area contributed by atoms with E-state index in [2.05, 4.69) is 26.5 Å². The fourth-order valence-electron chi connectivity index (χ4n) is 3.68. The van der Waals surface area contributed by atoms with Gasteiger partial charge >= 0.3 is 6.03 Å². The van der Waals surface area contributed by atoms with E-state index < -0.39 is 0 Å². The molecule has 4 rings (SSSR count). The Bertz CT molecular complexity index is 799. The number of carbonyl (C=O) groups is 1. The van der Waals surface area contributed by atoms with Gasteiger partial charge in [-0.3, -0.25) is 0 Å². The van der Waals surface area contributed by atoms with Gasteiger partial charge in [0.25, 0.3) is 0 Å². The Balaban J connectivity index is 1.36. The number of urea groups is 1. The lowest BCUT2D eigenvalue weighted by molar-refractivity contribution is 0.208. The zero-order valence-corrected chi connectivity index (χ0v) is 15.2. The predicted octanol–water partition coefficient (Wildman–Crippen LogP) is 3.02. The molecule has 1 N–H and O–H groups in total. The standard InChI is InChI=1S/C20H25N5O/c1-15-6-2-4-8-17(15)21-20(26)25-12-10-24(11-13-25)19-14-16-7-3-5-9-18(16)22-23-19/h2,4,6,8,14H,3,5,7,9-13H2,1H3,(H,21,26). The monoisotopic (exact) mass is 351 g/mol. The molecule has 0 saturated carbocycles. The van der Waals surface area contributed by atoms with Gasteiger partial charge in [0.05, 0.1) is 5.69 Å². The first-order valence-corrected chi connectivity index (χ1v) is 9.43. The van der Waals surface area contributed by atoms with E-state index in [4.69, 9.17) is 0 Å². The summed E-state index contributed by atoms with van der Waals surface area (Å²) < 4.78 is 0. The Kier molecular flexibility index (Phi) is 4.73. The number of nitrogens with one attached hydrogen (secondary N) is 1. The first-order chi connectivity index (χ1) is 12.7. The number of hydrogen-bond acceptors (Lipinski definition) is 4. The second kappa shape index (κ2) is 7.32. The molecule has 1 aliphatic heterocycles. The zero-order chi connectivity index (χ0) is 17.9. The maximum atomic E-state index is 12.5. The van der Waals surface area contributed by atoms with E-state index >= 15 is 0 Å². The van der Waals surface area contributed by atoms with Crippen LogP contribution in [0.15, 0.2) is 30.3 Å². The number of benzene rings is 1. The Morgan fingerprint density at radius 1 is 1.04 bits per heavy atom. The summed E-state index contributed by atoms with van der Waals surface area (Å²) in [7, 11) is 0. The molecule has 6 heteroatoms. The van der Waals surface area contributed by atoms with Gasteiger partial charge in [-0.25, -0.2) is 4.79 Å². The van der Waals surface area contributed by atoms with Crippen molar-refractivity contribution < 1.29 is 4.79 Å². The lowest BCUT2D eigenvalue weighted by Gasteiger charge is -2.35. The quantitative estimate of drug-likeness (QED) is 0.903. The number of piperazine rings is 1. The number of nitrogens with zero attached hydrogens (tertiary/aromatic N) is 4. The number of para-hydroxylation sites is 1. The molecule has 1 saturated heterocycles. The summed E-state index contributed by atoms with van der Waals surface area (Å²) in [6, 6.07) is 10.0. The first kappa shape index (κ1) is 16.8. The molecular weight excluding hydrogens is 326 g/mol. The van der Waals surface area contributed by atoms with Crippen LogP contribution in [0.3, 0.4) is 0 Å². The molecule has 2 aromatic rings. The molecule has 0 unspecified atom stereocenters. The average molecular weight is 351 g/mol. The van der Waals surface area contributed by atoms with E-state index in [0.29, 0.717) is 13.1 Å². The first-order valence-electron chi connectivity index (χ1n) is 9.43. The van der Waals surface area contributed by atoms with Crippen molar-refractivity contribution in [1.29, 1.82) is 0 Å². The molecule has 1 aromatic carbocycles. The number of anilines is 2. The Hall–Kier alpha value is -2.63. The smallest absolute Gasteiger partial charge is 0.321 e. The highest BCUT2D eigenvalue weighted by molar-refractivity contribution is 5.90. The molecule has 0 atom stereocenters. The van der Waals surface area contributed by atoms with Crippen molar-refractivity contribution in [2.24, 2.45) is 0 Å². The van der Waals surface area contributed by atoms with Gasteiger partial charge in [-0.1, -0.05) is 18.2 Å². The topological polar surface area (TPSA) is 61.4 Å². The summed E-state index contributed by atoms with van der Waals surface area (Å²) in [6.07, 6.45) is 4.62. The molecule has 0 radical (unpaired) electrons. The van der Waals surface area contributed by atoms with Crippen LogP contribution in [0.25, 0.3) is 0 Å². The molecule has 1 aromatic heterocycles. The molecule has 136 valence electrons. The largest absolute Gasteiger partial charge is 0.352 e. The molecule has 2 aliphatic rings. The SMILES string of the molecule is Cc1ccccc1NC(=O)N1CCN(c2cc3c(nn2)CCCC3)CC1. The number of carbonyl (C=O) groups excluding carboxylic acids is 1. The van der Waals surface area contributed by atoms with Crippen LogP contribution in [0.5, 0.6) is 0 Å². The molecule has 1 fully saturated rings. The van der Waals surface area contributed by atoms with Crippen molar-refractivity contribution in [2.75, 3.05) is 36.4 Å². The Labute approximate surface area is 154 Å². The van der Waals surface area contributed by atoms with Crippen LogP contribution in [-0.4, -0.2) is 47.3 Å². The van der Waals surface area contributed by atoms with Gasteiger partial charge in [0.1, 0.15) is 0 Å². The van der Waals surface area contributed by atoms with E-state index in [1.807, 2.05) is 36.1 Å². The van der Waals surface area contributed by atoms with Crippen LogP contribution in [-0.2, 0) is 12.8 Å². The van der Waals surface area contributed by atoms with Crippen molar-refractivity contribution in [3.05, 3.63) is 47.2 Å². The molecular formula is C20H25N5O. The second-order valence-electron chi connectivity index (χ2n) is 7.10.